The van der Waals surface area contributed by atoms with Gasteiger partial charge >= 0.3 is 0 Å². The van der Waals surface area contributed by atoms with E-state index < -0.39 is 0 Å². The first-order valence-electron chi connectivity index (χ1n) is 7.43. The molecule has 0 N–H and O–H groups in total. The highest BCUT2D eigenvalue weighted by molar-refractivity contribution is 5.77. The van der Waals surface area contributed by atoms with E-state index in [1.165, 1.54) is 0 Å². The quantitative estimate of drug-likeness (QED) is 0.854. The number of amides is 1. The summed E-state index contributed by atoms with van der Waals surface area (Å²) in [6.07, 6.45) is 1.35. The maximum Gasteiger partial charge on any atom is 0.231 e. The Balaban J connectivity index is 1.58. The molecule has 1 fully saturated rings. The molecule has 2 heterocycles. The molecule has 114 valence electrons. The Morgan fingerprint density at radius 3 is 2.95 bits per heavy atom. The molecule has 0 radical (unpaired) electrons. The molecule has 2 atom stereocenters. The highest BCUT2D eigenvalue weighted by Crippen LogP contribution is 2.32. The van der Waals surface area contributed by atoms with E-state index in [0.717, 1.165) is 17.1 Å². The summed E-state index contributed by atoms with van der Waals surface area (Å²) in [5.41, 5.74) is 1.10. The molecule has 1 aromatic carbocycles. The summed E-state index contributed by atoms with van der Waals surface area (Å²) in [7, 11) is 0. The number of nitrogens with zero attached hydrogens (tertiary/aromatic N) is 1. The molecule has 0 spiro atoms. The summed E-state index contributed by atoms with van der Waals surface area (Å²) in [5, 5.41) is 0. The molecule has 2 aliphatic heterocycles. The van der Waals surface area contributed by atoms with Gasteiger partial charge in [-0.05, 0) is 38.0 Å². The molecule has 0 saturated carbocycles. The molecule has 2 aliphatic rings. The zero-order valence-electron chi connectivity index (χ0n) is 12.5. The molecule has 1 amide bonds. The first-order chi connectivity index (χ1) is 10.1. The van der Waals surface area contributed by atoms with E-state index in [-0.39, 0.29) is 24.8 Å². The standard InChI is InChI=1S/C16H21NO4/c1-11-9-19-12(2)8-17(11)16(18)6-4-13-3-5-14-15(7-13)21-10-20-14/h3,5,7,11-12H,4,6,8-10H2,1-2H3/t11-,12+/m0/s1. The highest BCUT2D eigenvalue weighted by Gasteiger charge is 2.27. The van der Waals surface area contributed by atoms with Gasteiger partial charge in [0.2, 0.25) is 12.7 Å². The lowest BCUT2D eigenvalue weighted by atomic mass is 10.1. The topological polar surface area (TPSA) is 48.0 Å². The molecular weight excluding hydrogens is 270 g/mol. The van der Waals surface area contributed by atoms with Crippen molar-refractivity contribution in [2.45, 2.75) is 38.8 Å². The first-order valence-corrected chi connectivity index (χ1v) is 7.43. The van der Waals surface area contributed by atoms with E-state index in [1.54, 1.807) is 0 Å². The van der Waals surface area contributed by atoms with Crippen molar-refractivity contribution < 1.29 is 19.0 Å². The van der Waals surface area contributed by atoms with Crippen LogP contribution in [0.5, 0.6) is 11.5 Å². The van der Waals surface area contributed by atoms with Gasteiger partial charge in [0.05, 0.1) is 18.8 Å². The van der Waals surface area contributed by atoms with Crippen LogP contribution in [0, 0.1) is 0 Å². The lowest BCUT2D eigenvalue weighted by Crippen LogP contribution is -2.50. The number of ether oxygens (including phenoxy) is 3. The number of fused-ring (bicyclic) bond motifs is 1. The van der Waals surface area contributed by atoms with E-state index in [4.69, 9.17) is 14.2 Å². The second kappa shape index (κ2) is 5.93. The van der Waals surface area contributed by atoms with Crippen LogP contribution in [-0.2, 0) is 16.0 Å². The van der Waals surface area contributed by atoms with Crippen molar-refractivity contribution in [2.75, 3.05) is 19.9 Å². The third-order valence-electron chi connectivity index (χ3n) is 3.99. The van der Waals surface area contributed by atoms with Crippen molar-refractivity contribution >= 4 is 5.91 Å². The number of carbonyl (C=O) groups is 1. The van der Waals surface area contributed by atoms with Crippen LogP contribution in [0.3, 0.4) is 0 Å². The summed E-state index contributed by atoms with van der Waals surface area (Å²) in [5.74, 6) is 1.74. The Kier molecular flexibility index (Phi) is 4.01. The minimum Gasteiger partial charge on any atom is -0.454 e. The second-order valence-corrected chi connectivity index (χ2v) is 5.73. The van der Waals surface area contributed by atoms with E-state index >= 15 is 0 Å². The number of carbonyl (C=O) groups excluding carboxylic acids is 1. The summed E-state index contributed by atoms with van der Waals surface area (Å²) in [6.45, 7) is 5.62. The van der Waals surface area contributed by atoms with Crippen molar-refractivity contribution in [3.05, 3.63) is 23.8 Å². The predicted molar refractivity (Wildman–Crippen MR) is 77.5 cm³/mol. The number of morpholine rings is 1. The molecule has 5 nitrogen and oxygen atoms in total. The third-order valence-corrected chi connectivity index (χ3v) is 3.99. The van der Waals surface area contributed by atoms with Crippen LogP contribution < -0.4 is 9.47 Å². The zero-order chi connectivity index (χ0) is 14.8. The Hall–Kier alpha value is -1.75. The number of rotatable bonds is 3. The summed E-state index contributed by atoms with van der Waals surface area (Å²) in [4.78, 5) is 14.3. The smallest absolute Gasteiger partial charge is 0.231 e. The van der Waals surface area contributed by atoms with Gasteiger partial charge in [-0.2, -0.15) is 0 Å². The van der Waals surface area contributed by atoms with Gasteiger partial charge in [-0.25, -0.2) is 0 Å². The molecule has 1 aromatic rings. The maximum absolute atomic E-state index is 12.4. The van der Waals surface area contributed by atoms with Crippen LogP contribution in [-0.4, -0.2) is 42.9 Å². The van der Waals surface area contributed by atoms with E-state index in [0.29, 0.717) is 26.0 Å². The fourth-order valence-electron chi connectivity index (χ4n) is 2.74. The van der Waals surface area contributed by atoms with Crippen molar-refractivity contribution in [3.8, 4) is 11.5 Å². The summed E-state index contributed by atoms with van der Waals surface area (Å²) in [6, 6.07) is 6.01. The normalized spacial score (nSPS) is 24.2. The van der Waals surface area contributed by atoms with Gasteiger partial charge in [0.1, 0.15) is 0 Å². The van der Waals surface area contributed by atoms with Crippen LogP contribution in [0.15, 0.2) is 18.2 Å². The number of benzene rings is 1. The minimum atomic E-state index is 0.121. The number of aryl methyl sites for hydroxylation is 1. The Labute approximate surface area is 124 Å². The molecule has 21 heavy (non-hydrogen) atoms. The van der Waals surface area contributed by atoms with Gasteiger partial charge < -0.3 is 19.1 Å². The van der Waals surface area contributed by atoms with Gasteiger partial charge in [-0.1, -0.05) is 6.07 Å². The molecule has 0 aliphatic carbocycles. The van der Waals surface area contributed by atoms with Gasteiger partial charge in [0.25, 0.3) is 0 Å². The van der Waals surface area contributed by atoms with Gasteiger partial charge in [0.15, 0.2) is 11.5 Å². The van der Waals surface area contributed by atoms with E-state index in [9.17, 15) is 4.79 Å². The zero-order valence-corrected chi connectivity index (χ0v) is 12.5. The lowest BCUT2D eigenvalue weighted by Gasteiger charge is -2.36. The SMILES string of the molecule is C[C@@H]1CN(C(=O)CCc2ccc3c(c2)OCO3)[C@@H](C)CO1. The predicted octanol–water partition coefficient (Wildman–Crippen LogP) is 1.98. The molecule has 0 unspecified atom stereocenters. The van der Waals surface area contributed by atoms with Gasteiger partial charge in [-0.3, -0.25) is 4.79 Å². The molecule has 3 rings (SSSR count). The van der Waals surface area contributed by atoms with Crippen molar-refractivity contribution in [1.29, 1.82) is 0 Å². The third kappa shape index (κ3) is 3.13. The molecule has 1 saturated heterocycles. The largest absolute Gasteiger partial charge is 0.454 e. The number of hydrogen-bond acceptors (Lipinski definition) is 4. The van der Waals surface area contributed by atoms with Crippen molar-refractivity contribution in [3.63, 3.8) is 0 Å². The highest BCUT2D eigenvalue weighted by atomic mass is 16.7. The van der Waals surface area contributed by atoms with Crippen LogP contribution in [0.25, 0.3) is 0 Å². The summed E-state index contributed by atoms with van der Waals surface area (Å²) < 4.78 is 16.2. The van der Waals surface area contributed by atoms with E-state index in [1.807, 2.05) is 36.9 Å². The second-order valence-electron chi connectivity index (χ2n) is 5.73. The lowest BCUT2D eigenvalue weighted by molar-refractivity contribution is -0.143. The van der Waals surface area contributed by atoms with E-state index in [2.05, 4.69) is 0 Å². The molecular formula is C16H21NO4. The fourth-order valence-corrected chi connectivity index (χ4v) is 2.74. The van der Waals surface area contributed by atoms with Crippen LogP contribution in [0.1, 0.15) is 25.8 Å². The Morgan fingerprint density at radius 1 is 1.29 bits per heavy atom. The maximum atomic E-state index is 12.4. The number of hydrogen-bond donors (Lipinski definition) is 0. The Bertz CT molecular complexity index is 531. The molecule has 0 aromatic heterocycles. The van der Waals surface area contributed by atoms with Crippen LogP contribution in [0.2, 0.25) is 0 Å². The van der Waals surface area contributed by atoms with Crippen molar-refractivity contribution in [1.82, 2.24) is 4.90 Å². The van der Waals surface area contributed by atoms with Crippen LogP contribution >= 0.6 is 0 Å². The van der Waals surface area contributed by atoms with Crippen LogP contribution in [0.4, 0.5) is 0 Å². The van der Waals surface area contributed by atoms with Crippen molar-refractivity contribution in [2.24, 2.45) is 0 Å². The Morgan fingerprint density at radius 2 is 2.10 bits per heavy atom. The summed E-state index contributed by atoms with van der Waals surface area (Å²) >= 11 is 0. The fraction of sp³-hybridized carbons (Fsp3) is 0.562. The average molecular weight is 291 g/mol. The average Bonchev–Trinajstić information content (AvgIpc) is 2.94. The van der Waals surface area contributed by atoms with Gasteiger partial charge in [0, 0.05) is 13.0 Å². The monoisotopic (exact) mass is 291 g/mol. The first kappa shape index (κ1) is 14.2. The van der Waals surface area contributed by atoms with Gasteiger partial charge in [-0.15, -0.1) is 0 Å². The molecule has 0 bridgehead atoms. The minimum absolute atomic E-state index is 0.121. The molecule has 5 heteroatoms.